The number of aromatic nitrogens is 5. The fourth-order valence-corrected chi connectivity index (χ4v) is 3.70. The summed E-state index contributed by atoms with van der Waals surface area (Å²) in [6, 6.07) is 12.1. The second kappa shape index (κ2) is 8.34. The molecule has 0 spiro atoms. The van der Waals surface area contributed by atoms with E-state index in [0.717, 1.165) is 28.6 Å². The number of aryl methyl sites for hydroxylation is 1. The highest BCUT2D eigenvalue weighted by Crippen LogP contribution is 2.29. The molecule has 4 aromatic rings. The quantitative estimate of drug-likeness (QED) is 0.456. The molecule has 31 heavy (non-hydrogen) atoms. The molecular weight excluding hydrogens is 388 g/mol. The summed E-state index contributed by atoms with van der Waals surface area (Å²) in [5.74, 6) is 0.480. The topological polar surface area (TPSA) is 77.6 Å². The summed E-state index contributed by atoms with van der Waals surface area (Å²) in [5, 5.41) is 12.7. The zero-order chi connectivity index (χ0) is 22.1. The first-order valence-corrected chi connectivity index (χ1v) is 10.7. The maximum atomic E-state index is 13.4. The highest BCUT2D eigenvalue weighted by Gasteiger charge is 2.20. The average molecular weight is 417 g/mol. The Balaban J connectivity index is 1.84. The number of rotatable bonds is 6. The lowest BCUT2D eigenvalue weighted by Gasteiger charge is -2.15. The predicted molar refractivity (Wildman–Crippen MR) is 123 cm³/mol. The molecule has 7 nitrogen and oxygen atoms in total. The van der Waals surface area contributed by atoms with E-state index in [-0.39, 0.29) is 18.0 Å². The Hall–Kier alpha value is -3.48. The van der Waals surface area contributed by atoms with Gasteiger partial charge in [0, 0.05) is 17.7 Å². The van der Waals surface area contributed by atoms with Crippen molar-refractivity contribution in [3.63, 3.8) is 0 Å². The van der Waals surface area contributed by atoms with E-state index >= 15 is 0 Å². The van der Waals surface area contributed by atoms with Gasteiger partial charge < -0.3 is 5.32 Å². The van der Waals surface area contributed by atoms with Crippen molar-refractivity contribution in [3.05, 3.63) is 59.9 Å². The van der Waals surface area contributed by atoms with E-state index in [9.17, 15) is 4.79 Å². The highest BCUT2D eigenvalue weighted by atomic mass is 16.1. The maximum absolute atomic E-state index is 13.4. The molecule has 1 atom stereocenters. The average Bonchev–Trinajstić information content (AvgIpc) is 3.39. The third kappa shape index (κ3) is 3.83. The first kappa shape index (κ1) is 20.8. The molecule has 7 heteroatoms. The van der Waals surface area contributed by atoms with Gasteiger partial charge in [-0.25, -0.2) is 14.3 Å². The van der Waals surface area contributed by atoms with Crippen LogP contribution in [0.15, 0.2) is 48.8 Å². The van der Waals surface area contributed by atoms with Gasteiger partial charge >= 0.3 is 0 Å². The van der Waals surface area contributed by atoms with Gasteiger partial charge in [-0.05, 0) is 45.7 Å². The van der Waals surface area contributed by atoms with Crippen LogP contribution in [0, 0.1) is 6.92 Å². The highest BCUT2D eigenvalue weighted by molar-refractivity contribution is 6.12. The van der Waals surface area contributed by atoms with E-state index in [1.54, 1.807) is 12.4 Å². The van der Waals surface area contributed by atoms with Gasteiger partial charge in [0.25, 0.3) is 5.91 Å². The number of nitrogens with zero attached hydrogens (tertiary/aromatic N) is 5. The van der Waals surface area contributed by atoms with Gasteiger partial charge in [0.1, 0.15) is 5.82 Å². The van der Waals surface area contributed by atoms with Crippen molar-refractivity contribution in [2.24, 2.45) is 0 Å². The summed E-state index contributed by atoms with van der Waals surface area (Å²) in [4.78, 5) is 18.3. The summed E-state index contributed by atoms with van der Waals surface area (Å²) in [5.41, 5.74) is 4.11. The molecule has 3 aromatic heterocycles. The molecule has 160 valence electrons. The first-order chi connectivity index (χ1) is 14.9. The molecule has 0 fully saturated rings. The Morgan fingerprint density at radius 2 is 1.87 bits per heavy atom. The van der Waals surface area contributed by atoms with Crippen molar-refractivity contribution >= 4 is 22.8 Å². The van der Waals surface area contributed by atoms with Crippen molar-refractivity contribution in [2.45, 2.75) is 53.1 Å². The Morgan fingerprint density at radius 3 is 2.58 bits per heavy atom. The number of hydrogen-bond donors (Lipinski definition) is 1. The fraction of sp³-hybridized carbons (Fsp3) is 0.333. The number of carbonyl (C=O) groups is 1. The summed E-state index contributed by atoms with van der Waals surface area (Å²) in [7, 11) is 0. The van der Waals surface area contributed by atoms with E-state index in [1.165, 1.54) is 0 Å². The van der Waals surface area contributed by atoms with Crippen molar-refractivity contribution in [3.8, 4) is 11.3 Å². The van der Waals surface area contributed by atoms with Crippen molar-refractivity contribution in [1.82, 2.24) is 24.5 Å². The molecule has 0 aliphatic carbocycles. The van der Waals surface area contributed by atoms with Crippen LogP contribution in [0.2, 0.25) is 0 Å². The second-order valence-corrected chi connectivity index (χ2v) is 8.16. The Labute approximate surface area is 182 Å². The molecule has 1 aromatic carbocycles. The van der Waals surface area contributed by atoms with Crippen LogP contribution < -0.4 is 5.32 Å². The second-order valence-electron chi connectivity index (χ2n) is 8.16. The lowest BCUT2D eigenvalue weighted by Crippen LogP contribution is -2.18. The number of hydrogen-bond acceptors (Lipinski definition) is 4. The van der Waals surface area contributed by atoms with E-state index in [1.807, 2.05) is 52.7 Å². The number of nitrogens with one attached hydrogen (secondary N) is 1. The van der Waals surface area contributed by atoms with Gasteiger partial charge in [-0.3, -0.25) is 4.79 Å². The number of fused-ring (bicyclic) bond motifs is 1. The lowest BCUT2D eigenvalue weighted by molar-refractivity contribution is 0.102. The molecule has 0 bridgehead atoms. The van der Waals surface area contributed by atoms with Crippen LogP contribution in [0.3, 0.4) is 0 Å². The third-order valence-corrected chi connectivity index (χ3v) is 5.64. The van der Waals surface area contributed by atoms with Gasteiger partial charge in [0.2, 0.25) is 0 Å². The summed E-state index contributed by atoms with van der Waals surface area (Å²) >= 11 is 0. The molecule has 1 amide bonds. The monoisotopic (exact) mass is 416 g/mol. The molecule has 4 rings (SSSR count). The minimum atomic E-state index is -0.199. The fourth-order valence-electron chi connectivity index (χ4n) is 3.70. The van der Waals surface area contributed by atoms with E-state index in [0.29, 0.717) is 17.0 Å². The molecule has 0 aliphatic rings. The zero-order valence-corrected chi connectivity index (χ0v) is 18.6. The molecule has 0 saturated heterocycles. The number of amides is 1. The lowest BCUT2D eigenvalue weighted by atomic mass is 10.0. The largest absolute Gasteiger partial charge is 0.307 e. The number of anilines is 1. The molecular formula is C24H28N6O. The predicted octanol–water partition coefficient (Wildman–Crippen LogP) is 5.41. The van der Waals surface area contributed by atoms with Crippen LogP contribution in [0.5, 0.6) is 0 Å². The van der Waals surface area contributed by atoms with Crippen molar-refractivity contribution in [1.29, 1.82) is 0 Å². The van der Waals surface area contributed by atoms with Gasteiger partial charge in [-0.1, -0.05) is 31.2 Å². The summed E-state index contributed by atoms with van der Waals surface area (Å²) in [6.07, 6.45) is 4.35. The molecule has 3 heterocycles. The van der Waals surface area contributed by atoms with E-state index in [4.69, 9.17) is 4.98 Å². The van der Waals surface area contributed by atoms with Gasteiger partial charge in [0.05, 0.1) is 35.1 Å². The molecule has 1 unspecified atom stereocenters. The van der Waals surface area contributed by atoms with Gasteiger partial charge in [-0.2, -0.15) is 10.2 Å². The van der Waals surface area contributed by atoms with Crippen LogP contribution in [0.25, 0.3) is 22.3 Å². The Bertz CT molecular complexity index is 1240. The van der Waals surface area contributed by atoms with E-state index in [2.05, 4.69) is 43.2 Å². The molecule has 0 saturated carbocycles. The van der Waals surface area contributed by atoms with Crippen molar-refractivity contribution in [2.75, 3.05) is 5.32 Å². The van der Waals surface area contributed by atoms with Gasteiger partial charge in [0.15, 0.2) is 5.65 Å². The minimum absolute atomic E-state index is 0.125. The van der Waals surface area contributed by atoms with E-state index < -0.39 is 0 Å². The smallest absolute Gasteiger partial charge is 0.257 e. The van der Waals surface area contributed by atoms with Crippen LogP contribution >= 0.6 is 0 Å². The molecule has 0 radical (unpaired) electrons. The van der Waals surface area contributed by atoms with Crippen LogP contribution in [-0.2, 0) is 0 Å². The summed E-state index contributed by atoms with van der Waals surface area (Å²) < 4.78 is 3.70. The Kier molecular flexibility index (Phi) is 5.59. The number of carbonyl (C=O) groups excluding carboxylic acids is 1. The standard InChI is InChI=1S/C24H28N6O/c1-6-17(5)30-22(11-12-25-30)28-24(31)19-13-21(18-10-8-7-9-16(18)4)27-23-20(19)14-26-29(23)15(2)3/h7-15,17H,6H2,1-5H3,(H,28,31). The van der Waals surface area contributed by atoms with Crippen molar-refractivity contribution < 1.29 is 4.79 Å². The zero-order valence-electron chi connectivity index (χ0n) is 18.6. The van der Waals surface area contributed by atoms with Crippen LogP contribution in [0.1, 0.15) is 62.1 Å². The third-order valence-electron chi connectivity index (χ3n) is 5.64. The maximum Gasteiger partial charge on any atom is 0.257 e. The normalized spacial score (nSPS) is 12.5. The first-order valence-electron chi connectivity index (χ1n) is 10.7. The van der Waals surface area contributed by atoms with Crippen LogP contribution in [0.4, 0.5) is 5.82 Å². The number of benzene rings is 1. The summed E-state index contributed by atoms with van der Waals surface area (Å²) in [6.45, 7) is 10.3. The molecule has 0 aliphatic heterocycles. The van der Waals surface area contributed by atoms with Crippen LogP contribution in [-0.4, -0.2) is 30.5 Å². The Morgan fingerprint density at radius 1 is 1.10 bits per heavy atom. The number of pyridine rings is 1. The molecule has 1 N–H and O–H groups in total. The SMILES string of the molecule is CCC(C)n1nccc1NC(=O)c1cc(-c2ccccc2C)nc2c1cnn2C(C)C. The minimum Gasteiger partial charge on any atom is -0.307 e. The van der Waals surface area contributed by atoms with Gasteiger partial charge in [-0.15, -0.1) is 0 Å².